The number of aliphatic carboxylic acids is 1. The highest BCUT2D eigenvalue weighted by molar-refractivity contribution is 6.00. The van der Waals surface area contributed by atoms with Crippen LogP contribution in [0.4, 0.5) is 0 Å². The molecular weight excluding hydrogens is 418 g/mol. The number of ether oxygens (including phenoxy) is 2. The minimum Gasteiger partial charge on any atom is -0.493 e. The van der Waals surface area contributed by atoms with Crippen LogP contribution in [0.25, 0.3) is 21.9 Å². The number of rotatable bonds is 4. The molecule has 1 aliphatic rings. The lowest BCUT2D eigenvalue weighted by Gasteiger charge is -2.29. The first kappa shape index (κ1) is 23.1. The molecule has 1 aromatic heterocycles. The molecule has 1 N–H and O–H groups in total. The molecule has 174 valence electrons. The maximum Gasteiger partial charge on any atom is 0.339 e. The van der Waals surface area contributed by atoms with Crippen molar-refractivity contribution in [3.05, 3.63) is 63.1 Å². The van der Waals surface area contributed by atoms with E-state index in [0.717, 1.165) is 51.8 Å². The number of pyridine rings is 1. The molecule has 1 atom stereocenters. The summed E-state index contributed by atoms with van der Waals surface area (Å²) in [6.07, 6.45) is 0.520. The average molecular weight is 450 g/mol. The number of carbonyl (C=O) groups is 1. The second kappa shape index (κ2) is 8.34. The molecular formula is C27H31NO5. The van der Waals surface area contributed by atoms with E-state index in [0.29, 0.717) is 17.7 Å². The minimum atomic E-state index is -1.31. The van der Waals surface area contributed by atoms with Crippen LogP contribution in [0.2, 0.25) is 0 Å². The van der Waals surface area contributed by atoms with Gasteiger partial charge < -0.3 is 19.1 Å². The predicted molar refractivity (Wildman–Crippen MR) is 129 cm³/mol. The van der Waals surface area contributed by atoms with Crippen LogP contribution in [0, 0.1) is 13.8 Å². The van der Waals surface area contributed by atoms with Crippen LogP contribution >= 0.6 is 0 Å². The first-order valence-electron chi connectivity index (χ1n) is 11.3. The topological polar surface area (TPSA) is 77.8 Å². The van der Waals surface area contributed by atoms with Crippen molar-refractivity contribution in [2.45, 2.75) is 59.2 Å². The van der Waals surface area contributed by atoms with Crippen LogP contribution in [-0.2, 0) is 23.0 Å². The number of aromatic nitrogens is 1. The van der Waals surface area contributed by atoms with E-state index in [9.17, 15) is 14.7 Å². The predicted octanol–water partition coefficient (Wildman–Crippen LogP) is 5.09. The molecule has 0 fully saturated rings. The molecule has 0 radical (unpaired) electrons. The van der Waals surface area contributed by atoms with E-state index in [4.69, 9.17) is 9.47 Å². The molecule has 2 heterocycles. The van der Waals surface area contributed by atoms with Crippen molar-refractivity contribution in [3.8, 4) is 16.9 Å². The summed E-state index contributed by atoms with van der Waals surface area (Å²) in [6, 6.07) is 9.65. The monoisotopic (exact) mass is 449 g/mol. The molecule has 33 heavy (non-hydrogen) atoms. The highest BCUT2D eigenvalue weighted by Crippen LogP contribution is 2.41. The Bertz CT molecular complexity index is 1310. The van der Waals surface area contributed by atoms with Gasteiger partial charge in [0.2, 0.25) is 0 Å². The van der Waals surface area contributed by atoms with Gasteiger partial charge in [-0.15, -0.1) is 0 Å². The van der Waals surface area contributed by atoms with Crippen LogP contribution < -0.4 is 10.3 Å². The zero-order valence-electron chi connectivity index (χ0n) is 20.1. The third kappa shape index (κ3) is 4.15. The van der Waals surface area contributed by atoms with Gasteiger partial charge in [-0.1, -0.05) is 23.8 Å². The molecule has 1 unspecified atom stereocenters. The number of hydrogen-bond acceptors (Lipinski definition) is 4. The molecule has 6 heteroatoms. The van der Waals surface area contributed by atoms with Gasteiger partial charge in [-0.05, 0) is 81.7 Å². The van der Waals surface area contributed by atoms with E-state index in [1.54, 1.807) is 7.05 Å². The number of hydrogen-bond donors (Lipinski definition) is 1. The van der Waals surface area contributed by atoms with Gasteiger partial charge in [0, 0.05) is 18.0 Å². The second-order valence-corrected chi connectivity index (χ2v) is 9.79. The zero-order chi connectivity index (χ0) is 24.1. The van der Waals surface area contributed by atoms with Crippen LogP contribution in [0.15, 0.2) is 35.1 Å². The lowest BCUT2D eigenvalue weighted by atomic mass is 9.87. The van der Waals surface area contributed by atoms with Gasteiger partial charge >= 0.3 is 5.97 Å². The fraction of sp³-hybridized carbons (Fsp3) is 0.407. The van der Waals surface area contributed by atoms with Crippen molar-refractivity contribution < 1.29 is 19.4 Å². The average Bonchev–Trinajstić information content (AvgIpc) is 2.75. The standard InChI is InChI=1S/C27H31NO5/c1-15-9-10-19-20(14-15)25(29)28(6)23(24(26(30)31)33-27(3,4)5)22(19)18-11-12-21-17(16(18)2)8-7-13-32-21/h9-12,14,24H,7-8,13H2,1-6H3,(H,30,31). The number of benzene rings is 2. The summed E-state index contributed by atoms with van der Waals surface area (Å²) in [5, 5.41) is 11.5. The molecule has 0 aliphatic carbocycles. The third-order valence-electron chi connectivity index (χ3n) is 6.19. The number of aryl methyl sites for hydroxylation is 1. The summed E-state index contributed by atoms with van der Waals surface area (Å²) in [5.74, 6) is -0.263. The normalized spacial score (nSPS) is 14.6. The van der Waals surface area contributed by atoms with E-state index in [2.05, 4.69) is 0 Å². The summed E-state index contributed by atoms with van der Waals surface area (Å²) in [6.45, 7) is 10.1. The van der Waals surface area contributed by atoms with Gasteiger partial charge in [-0.3, -0.25) is 4.79 Å². The van der Waals surface area contributed by atoms with Crippen LogP contribution in [-0.4, -0.2) is 27.9 Å². The molecule has 1 aliphatic heterocycles. The lowest BCUT2D eigenvalue weighted by Crippen LogP contribution is -2.33. The minimum absolute atomic E-state index is 0.241. The van der Waals surface area contributed by atoms with Gasteiger partial charge in [0.25, 0.3) is 5.56 Å². The fourth-order valence-corrected chi connectivity index (χ4v) is 4.70. The van der Waals surface area contributed by atoms with Crippen molar-refractivity contribution in [1.82, 2.24) is 4.57 Å². The molecule has 2 aromatic carbocycles. The number of nitrogens with zero attached hydrogens (tertiary/aromatic N) is 1. The van der Waals surface area contributed by atoms with Crippen LogP contribution in [0.5, 0.6) is 5.75 Å². The second-order valence-electron chi connectivity index (χ2n) is 9.79. The number of carboxylic acids is 1. The number of carboxylic acid groups (broad SMARTS) is 1. The third-order valence-corrected chi connectivity index (χ3v) is 6.19. The van der Waals surface area contributed by atoms with Crippen molar-refractivity contribution in [2.24, 2.45) is 7.05 Å². The summed E-state index contributed by atoms with van der Waals surface area (Å²) in [4.78, 5) is 25.9. The van der Waals surface area contributed by atoms with Crippen molar-refractivity contribution in [1.29, 1.82) is 0 Å². The van der Waals surface area contributed by atoms with E-state index in [-0.39, 0.29) is 5.56 Å². The van der Waals surface area contributed by atoms with Gasteiger partial charge in [-0.2, -0.15) is 0 Å². The highest BCUT2D eigenvalue weighted by Gasteiger charge is 2.33. The Morgan fingerprint density at radius 2 is 1.88 bits per heavy atom. The van der Waals surface area contributed by atoms with Crippen molar-refractivity contribution in [2.75, 3.05) is 6.61 Å². The molecule has 3 aromatic rings. The summed E-state index contributed by atoms with van der Waals surface area (Å²) >= 11 is 0. The molecule has 0 saturated heterocycles. The Balaban J connectivity index is 2.14. The quantitative estimate of drug-likeness (QED) is 0.600. The van der Waals surface area contributed by atoms with Gasteiger partial charge in [0.05, 0.1) is 17.9 Å². The Morgan fingerprint density at radius 3 is 2.55 bits per heavy atom. The SMILES string of the molecule is Cc1ccc2c(-c3ccc4c(c3C)CCCO4)c(C(OC(C)(C)C)C(=O)O)n(C)c(=O)c2c1. The Hall–Kier alpha value is -3.12. The van der Waals surface area contributed by atoms with Crippen molar-refractivity contribution in [3.63, 3.8) is 0 Å². The van der Waals surface area contributed by atoms with E-state index in [1.807, 2.05) is 65.0 Å². The molecule has 0 spiro atoms. The lowest BCUT2D eigenvalue weighted by molar-refractivity contribution is -0.161. The van der Waals surface area contributed by atoms with E-state index in [1.165, 1.54) is 4.57 Å². The van der Waals surface area contributed by atoms with Crippen LogP contribution in [0.1, 0.15) is 55.7 Å². The summed E-state index contributed by atoms with van der Waals surface area (Å²) in [7, 11) is 1.63. The molecule has 4 rings (SSSR count). The number of fused-ring (bicyclic) bond motifs is 2. The Labute approximate surface area is 193 Å². The van der Waals surface area contributed by atoms with Gasteiger partial charge in [-0.25, -0.2) is 4.79 Å². The van der Waals surface area contributed by atoms with Gasteiger partial charge in [0.1, 0.15) is 5.75 Å². The molecule has 6 nitrogen and oxygen atoms in total. The summed E-state index contributed by atoms with van der Waals surface area (Å²) in [5.41, 5.74) is 4.12. The summed E-state index contributed by atoms with van der Waals surface area (Å²) < 4.78 is 13.3. The Morgan fingerprint density at radius 1 is 1.15 bits per heavy atom. The first-order chi connectivity index (χ1) is 15.5. The molecule has 0 bridgehead atoms. The van der Waals surface area contributed by atoms with Crippen molar-refractivity contribution >= 4 is 16.7 Å². The molecule has 0 saturated carbocycles. The largest absolute Gasteiger partial charge is 0.493 e. The zero-order valence-corrected chi connectivity index (χ0v) is 20.1. The van der Waals surface area contributed by atoms with Crippen LogP contribution in [0.3, 0.4) is 0 Å². The van der Waals surface area contributed by atoms with E-state index >= 15 is 0 Å². The smallest absolute Gasteiger partial charge is 0.339 e. The molecule has 0 amide bonds. The highest BCUT2D eigenvalue weighted by atomic mass is 16.5. The maximum atomic E-state index is 13.4. The fourth-order valence-electron chi connectivity index (χ4n) is 4.70. The Kier molecular flexibility index (Phi) is 5.83. The van der Waals surface area contributed by atoms with Gasteiger partial charge in [0.15, 0.2) is 6.10 Å². The maximum absolute atomic E-state index is 13.4. The first-order valence-corrected chi connectivity index (χ1v) is 11.3. The van der Waals surface area contributed by atoms with E-state index < -0.39 is 17.7 Å².